The maximum Gasteiger partial charge on any atom is 0.293 e. The Kier molecular flexibility index (Phi) is 12.9. The predicted molar refractivity (Wildman–Crippen MR) is 280 cm³/mol. The van der Waals surface area contributed by atoms with E-state index in [1.54, 1.807) is 24.4 Å². The third-order valence-corrected chi connectivity index (χ3v) is 17.5. The zero-order valence-electron chi connectivity index (χ0n) is 41.7. The van der Waals surface area contributed by atoms with Crippen molar-refractivity contribution in [3.05, 3.63) is 141 Å². The molecule has 3 aliphatic heterocycles. The number of aromatic amines is 1. The molecule has 11 rings (SSSR count). The highest BCUT2D eigenvalue weighted by Crippen LogP contribution is 2.54. The highest BCUT2D eigenvalue weighted by atomic mass is 32.2. The Morgan fingerprint density at radius 2 is 1.82 bits per heavy atom. The number of carbonyl (C=O) groups is 1. The maximum atomic E-state index is 14.1. The van der Waals surface area contributed by atoms with E-state index in [0.29, 0.717) is 42.7 Å². The molecule has 2 saturated heterocycles. The van der Waals surface area contributed by atoms with Crippen LogP contribution in [0.1, 0.15) is 104 Å². The van der Waals surface area contributed by atoms with E-state index in [1.807, 2.05) is 19.1 Å². The molecule has 1 spiro atoms. The largest absolute Gasteiger partial charge is 0.493 e. The summed E-state index contributed by atoms with van der Waals surface area (Å²) in [6.45, 7) is 13.0. The van der Waals surface area contributed by atoms with Crippen LogP contribution in [0.3, 0.4) is 0 Å². The number of amides is 1. The molecule has 4 N–H and O–H groups in total. The molecule has 4 aromatic carbocycles. The predicted octanol–water partition coefficient (Wildman–Crippen LogP) is 9.32. The Morgan fingerprint density at radius 3 is 2.62 bits per heavy atom. The lowest BCUT2D eigenvalue weighted by atomic mass is 9.59. The Labute approximate surface area is 426 Å². The van der Waals surface area contributed by atoms with Crippen LogP contribution in [0.5, 0.6) is 17.2 Å². The topological polar surface area (TPSA) is 195 Å². The average Bonchev–Trinajstić information content (AvgIpc) is 4.02. The van der Waals surface area contributed by atoms with Crippen molar-refractivity contribution in [2.24, 2.45) is 11.3 Å². The Morgan fingerprint density at radius 1 is 1.01 bits per heavy atom. The van der Waals surface area contributed by atoms with E-state index in [0.717, 1.165) is 101 Å². The number of ether oxygens (including phenoxy) is 2. The third kappa shape index (κ3) is 10.1. The van der Waals surface area contributed by atoms with Crippen LogP contribution in [-0.2, 0) is 23.0 Å². The van der Waals surface area contributed by atoms with E-state index in [-0.39, 0.29) is 34.4 Å². The average molecular weight is 1010 g/mol. The Balaban J connectivity index is 0.787. The number of nitrogens with one attached hydrogen (secondary N) is 3. The van der Waals surface area contributed by atoms with Gasteiger partial charge in [0.15, 0.2) is 0 Å². The molecule has 5 aliphatic rings. The van der Waals surface area contributed by atoms with Gasteiger partial charge in [-0.25, -0.2) is 18.1 Å². The van der Waals surface area contributed by atoms with E-state index >= 15 is 0 Å². The van der Waals surface area contributed by atoms with Gasteiger partial charge in [-0.1, -0.05) is 50.2 Å². The number of pyridine rings is 1. The van der Waals surface area contributed by atoms with E-state index in [2.05, 4.69) is 91.0 Å². The van der Waals surface area contributed by atoms with Gasteiger partial charge in [0, 0.05) is 99.1 Å². The van der Waals surface area contributed by atoms with Gasteiger partial charge in [-0.2, -0.15) is 0 Å². The van der Waals surface area contributed by atoms with E-state index in [1.165, 1.54) is 40.6 Å². The van der Waals surface area contributed by atoms with Gasteiger partial charge < -0.3 is 29.8 Å². The molecule has 0 radical (unpaired) electrons. The van der Waals surface area contributed by atoms with Crippen LogP contribution in [0.25, 0.3) is 11.0 Å². The number of hydrogen-bond acceptors (Lipinski definition) is 13. The number of H-pyrrole nitrogens is 1. The SMILES string of the molecule is CC(C)c1ccccc1[C@@H]1CN(Cc2ccc3c(c2)OCC3)CCN1C1CC2(C1)CN(c1ccc(C(=O)NS(=O)(=O)c3ccc(NC[C@H]4CC[C@](C)(O)CC4)c([N+](=O)[O-])c3)c(Oc3cnc4[nH]ccc4c3)c1)C2. The molecule has 2 aromatic heterocycles. The summed E-state index contributed by atoms with van der Waals surface area (Å²) in [4.78, 5) is 40.4. The summed E-state index contributed by atoms with van der Waals surface area (Å²) in [5.41, 5.74) is 6.05. The number of rotatable bonds is 15. The monoisotopic (exact) mass is 1010 g/mol. The maximum absolute atomic E-state index is 14.1. The summed E-state index contributed by atoms with van der Waals surface area (Å²) in [5, 5.41) is 26.5. The normalized spacial score (nSPS) is 22.1. The number of aromatic nitrogens is 2. The summed E-state index contributed by atoms with van der Waals surface area (Å²) in [7, 11) is -4.59. The highest BCUT2D eigenvalue weighted by molar-refractivity contribution is 7.90. The highest BCUT2D eigenvalue weighted by Gasteiger charge is 2.55. The molecular weight excluding hydrogens is 945 g/mol. The minimum Gasteiger partial charge on any atom is -0.493 e. The van der Waals surface area contributed by atoms with E-state index < -0.39 is 37.0 Å². The van der Waals surface area contributed by atoms with Gasteiger partial charge in [-0.05, 0) is 122 Å². The number of sulfonamides is 1. The lowest BCUT2D eigenvalue weighted by Gasteiger charge is -2.63. The zero-order chi connectivity index (χ0) is 50.6. The van der Waals surface area contributed by atoms with Crippen LogP contribution in [0.15, 0.2) is 108 Å². The van der Waals surface area contributed by atoms with Gasteiger partial charge in [0.25, 0.3) is 21.6 Å². The lowest BCUT2D eigenvalue weighted by Crippen LogP contribution is -2.68. The van der Waals surface area contributed by atoms with Gasteiger partial charge in [0.1, 0.15) is 28.6 Å². The van der Waals surface area contributed by atoms with Crippen molar-refractivity contribution in [2.75, 3.05) is 56.1 Å². The van der Waals surface area contributed by atoms with Crippen molar-refractivity contribution in [1.29, 1.82) is 0 Å². The molecule has 382 valence electrons. The molecular formula is C56H64N8O8S. The molecule has 1 atom stereocenters. The molecule has 4 fully saturated rings. The number of benzene rings is 4. The molecule has 2 aliphatic carbocycles. The van der Waals surface area contributed by atoms with Crippen molar-refractivity contribution < 1.29 is 32.7 Å². The second kappa shape index (κ2) is 19.4. The summed E-state index contributed by atoms with van der Waals surface area (Å²) in [6.07, 6.45) is 9.23. The minimum atomic E-state index is -4.59. The third-order valence-electron chi connectivity index (χ3n) is 16.2. The van der Waals surface area contributed by atoms with Gasteiger partial charge in [0.2, 0.25) is 0 Å². The van der Waals surface area contributed by atoms with E-state index in [4.69, 9.17) is 9.47 Å². The van der Waals surface area contributed by atoms with Crippen molar-refractivity contribution in [3.8, 4) is 17.2 Å². The summed E-state index contributed by atoms with van der Waals surface area (Å²) < 4.78 is 42.1. The quantitative estimate of drug-likeness (QED) is 0.0562. The number of aliphatic hydroxyl groups is 1. The van der Waals surface area contributed by atoms with Gasteiger partial charge in [-0.15, -0.1) is 0 Å². The molecule has 16 nitrogen and oxygen atoms in total. The smallest absolute Gasteiger partial charge is 0.293 e. The number of anilines is 2. The first-order valence-electron chi connectivity index (χ1n) is 25.7. The number of carbonyl (C=O) groups excluding carboxylic acids is 1. The van der Waals surface area contributed by atoms with Gasteiger partial charge in [-0.3, -0.25) is 24.7 Å². The Bertz CT molecular complexity index is 3170. The first kappa shape index (κ1) is 48.7. The van der Waals surface area contributed by atoms with E-state index in [9.17, 15) is 28.4 Å². The molecule has 17 heteroatoms. The number of nitro groups is 1. The minimum absolute atomic E-state index is 0.0314. The number of fused-ring (bicyclic) bond motifs is 2. The number of nitro benzene ring substituents is 1. The van der Waals surface area contributed by atoms with Crippen molar-refractivity contribution in [1.82, 2.24) is 24.5 Å². The van der Waals surface area contributed by atoms with Crippen molar-refractivity contribution in [2.45, 2.75) is 101 Å². The van der Waals surface area contributed by atoms with Crippen molar-refractivity contribution >= 4 is 44.0 Å². The summed E-state index contributed by atoms with van der Waals surface area (Å²) >= 11 is 0. The summed E-state index contributed by atoms with van der Waals surface area (Å²) in [5.74, 6) is 1.18. The Hall–Kier alpha value is -6.53. The van der Waals surface area contributed by atoms with Crippen LogP contribution in [0.4, 0.5) is 17.1 Å². The standard InChI is InChI=1S/C56H64N8O8S/c1-36(2)45-6-4-5-7-46(45)50-33-61(32-38-8-9-39-17-23-71-51(39)24-38)21-22-63(50)42-28-56(29-42)34-62(35-56)41-10-12-47(52(26-41)72-43-25-40-16-20-57-53(40)59-31-43)54(65)60-73(69,70)44-11-13-48(49(27-44)64(67)68)58-30-37-14-18-55(3,66)19-15-37/h4-13,16,20,24-27,31,36-37,42,50,58,66H,14-15,17-19,21-23,28-30,32-35H2,1-3H3,(H,57,59)(H,60,65)/t37-,50-,55-/m0/s1. The number of hydrogen-bond donors (Lipinski definition) is 4. The number of nitrogens with zero attached hydrogens (tertiary/aromatic N) is 5. The molecule has 2 saturated carbocycles. The molecule has 1 amide bonds. The van der Waals surface area contributed by atoms with Crippen LogP contribution >= 0.6 is 0 Å². The second-order valence-corrected chi connectivity index (χ2v) is 23.5. The van der Waals surface area contributed by atoms with Gasteiger partial charge in [0.05, 0.1) is 33.8 Å². The molecule has 0 unspecified atom stereocenters. The van der Waals surface area contributed by atoms with Crippen LogP contribution in [-0.4, -0.2) is 102 Å². The molecule has 6 aromatic rings. The summed E-state index contributed by atoms with van der Waals surface area (Å²) in [6, 6.07) is 28.8. The fraction of sp³-hybridized carbons (Fsp3) is 0.429. The lowest BCUT2D eigenvalue weighted by molar-refractivity contribution is -0.384. The number of piperazine rings is 1. The van der Waals surface area contributed by atoms with Crippen LogP contribution < -0.4 is 24.4 Å². The molecule has 0 bridgehead atoms. The zero-order valence-corrected chi connectivity index (χ0v) is 42.5. The fourth-order valence-electron chi connectivity index (χ4n) is 12.1. The fourth-order valence-corrected chi connectivity index (χ4v) is 13.0. The van der Waals surface area contributed by atoms with Crippen LogP contribution in [0, 0.1) is 21.4 Å². The molecule has 73 heavy (non-hydrogen) atoms. The first-order chi connectivity index (χ1) is 35.1. The molecule has 5 heterocycles. The van der Waals surface area contributed by atoms with Crippen LogP contribution in [0.2, 0.25) is 0 Å². The van der Waals surface area contributed by atoms with Crippen molar-refractivity contribution in [3.63, 3.8) is 0 Å². The first-order valence-corrected chi connectivity index (χ1v) is 27.2. The second-order valence-electron chi connectivity index (χ2n) is 21.8. The van der Waals surface area contributed by atoms with Gasteiger partial charge >= 0.3 is 0 Å².